The third-order valence-corrected chi connectivity index (χ3v) is 3.26. The fourth-order valence-electron chi connectivity index (χ4n) is 1.76. The van der Waals surface area contributed by atoms with Gasteiger partial charge in [0, 0.05) is 11.4 Å². The molecule has 104 valence electrons. The molecule has 1 heterocycles. The number of nitrogens with one attached hydrogen (secondary N) is 2. The summed E-state index contributed by atoms with van der Waals surface area (Å²) in [5.41, 5.74) is 2.43. The molecule has 0 spiro atoms. The maximum absolute atomic E-state index is 11.9. The topological polar surface area (TPSA) is 54.0 Å². The largest absolute Gasteiger partial charge is 0.324 e. The summed E-state index contributed by atoms with van der Waals surface area (Å²) in [6.45, 7) is 3.81. The minimum absolute atomic E-state index is 0.383. The lowest BCUT2D eigenvalue weighted by Gasteiger charge is -2.09. The SMILES string of the molecule is Cc1cc(C)nc(NC(=O)Nc2ccc(Cl)c(Cl)c2)c1. The van der Waals surface area contributed by atoms with Crippen molar-refractivity contribution in [3.8, 4) is 0 Å². The van der Waals surface area contributed by atoms with Gasteiger partial charge in [0.15, 0.2) is 0 Å². The number of hydrogen-bond acceptors (Lipinski definition) is 2. The Balaban J connectivity index is 2.06. The van der Waals surface area contributed by atoms with Gasteiger partial charge >= 0.3 is 6.03 Å². The van der Waals surface area contributed by atoms with Gasteiger partial charge in [-0.25, -0.2) is 9.78 Å². The van der Waals surface area contributed by atoms with Gasteiger partial charge in [-0.2, -0.15) is 0 Å². The first kappa shape index (κ1) is 14.6. The number of aryl methyl sites for hydroxylation is 2. The lowest BCUT2D eigenvalue weighted by atomic mass is 10.2. The first-order chi connectivity index (χ1) is 9.44. The number of nitrogens with zero attached hydrogens (tertiary/aromatic N) is 1. The fourth-order valence-corrected chi connectivity index (χ4v) is 2.06. The minimum Gasteiger partial charge on any atom is -0.308 e. The zero-order valence-electron chi connectivity index (χ0n) is 11.0. The predicted molar refractivity (Wildman–Crippen MR) is 82.8 cm³/mol. The van der Waals surface area contributed by atoms with Crippen LogP contribution in [0.3, 0.4) is 0 Å². The normalized spacial score (nSPS) is 10.2. The Morgan fingerprint density at radius 2 is 1.80 bits per heavy atom. The molecule has 4 nitrogen and oxygen atoms in total. The predicted octanol–water partition coefficient (Wildman–Crippen LogP) is 4.65. The van der Waals surface area contributed by atoms with Crippen molar-refractivity contribution in [2.75, 3.05) is 10.6 Å². The van der Waals surface area contributed by atoms with E-state index >= 15 is 0 Å². The molecule has 2 N–H and O–H groups in total. The molecule has 0 aliphatic rings. The van der Waals surface area contributed by atoms with Crippen molar-refractivity contribution in [3.05, 3.63) is 51.6 Å². The number of aromatic nitrogens is 1. The smallest absolute Gasteiger partial charge is 0.308 e. The van der Waals surface area contributed by atoms with Gasteiger partial charge in [-0.15, -0.1) is 0 Å². The van der Waals surface area contributed by atoms with E-state index in [4.69, 9.17) is 23.2 Å². The summed E-state index contributed by atoms with van der Waals surface area (Å²) in [7, 11) is 0. The van der Waals surface area contributed by atoms with Crippen LogP contribution in [0.25, 0.3) is 0 Å². The van der Waals surface area contributed by atoms with Crippen LogP contribution in [0.15, 0.2) is 30.3 Å². The van der Waals surface area contributed by atoms with E-state index in [0.717, 1.165) is 11.3 Å². The van der Waals surface area contributed by atoms with Crippen molar-refractivity contribution < 1.29 is 4.79 Å². The molecule has 0 saturated heterocycles. The van der Waals surface area contributed by atoms with Crippen LogP contribution in [0.5, 0.6) is 0 Å². The highest BCUT2D eigenvalue weighted by atomic mass is 35.5. The number of hydrogen-bond donors (Lipinski definition) is 2. The second-order valence-electron chi connectivity index (χ2n) is 4.38. The van der Waals surface area contributed by atoms with Crippen LogP contribution >= 0.6 is 23.2 Å². The standard InChI is InChI=1S/C14H13Cl2N3O/c1-8-5-9(2)17-13(6-8)19-14(20)18-10-3-4-11(15)12(16)7-10/h3-7H,1-2H3,(H2,17,18,19,20). The number of carbonyl (C=O) groups excluding carboxylic acids is 1. The summed E-state index contributed by atoms with van der Waals surface area (Å²) >= 11 is 11.7. The van der Waals surface area contributed by atoms with Crippen LogP contribution in [0.4, 0.5) is 16.3 Å². The van der Waals surface area contributed by atoms with Crippen molar-refractivity contribution in [1.82, 2.24) is 4.98 Å². The van der Waals surface area contributed by atoms with Gasteiger partial charge < -0.3 is 5.32 Å². The van der Waals surface area contributed by atoms with Crippen LogP contribution in [-0.4, -0.2) is 11.0 Å². The van der Waals surface area contributed by atoms with Crippen LogP contribution in [0.2, 0.25) is 10.0 Å². The quantitative estimate of drug-likeness (QED) is 0.848. The van der Waals surface area contributed by atoms with Crippen molar-refractivity contribution in [2.24, 2.45) is 0 Å². The lowest BCUT2D eigenvalue weighted by Crippen LogP contribution is -2.20. The highest BCUT2D eigenvalue weighted by Crippen LogP contribution is 2.25. The second-order valence-corrected chi connectivity index (χ2v) is 5.19. The number of urea groups is 1. The number of benzene rings is 1. The molecule has 0 atom stereocenters. The van der Waals surface area contributed by atoms with E-state index in [1.165, 1.54) is 0 Å². The molecular formula is C14H13Cl2N3O. The fraction of sp³-hybridized carbons (Fsp3) is 0.143. The molecule has 2 rings (SSSR count). The van der Waals surface area contributed by atoms with Crippen LogP contribution < -0.4 is 10.6 Å². The molecule has 20 heavy (non-hydrogen) atoms. The Kier molecular flexibility index (Phi) is 4.47. The third-order valence-electron chi connectivity index (χ3n) is 2.52. The van der Waals surface area contributed by atoms with E-state index in [2.05, 4.69) is 15.6 Å². The zero-order valence-corrected chi connectivity index (χ0v) is 12.5. The summed E-state index contributed by atoms with van der Waals surface area (Å²) in [5.74, 6) is 0.500. The van der Waals surface area contributed by atoms with Gasteiger partial charge in [0.25, 0.3) is 0 Å². The van der Waals surface area contributed by atoms with Gasteiger partial charge in [0.1, 0.15) is 5.82 Å². The molecule has 2 aromatic rings. The summed E-state index contributed by atoms with van der Waals surface area (Å²) in [6.07, 6.45) is 0. The average molecular weight is 310 g/mol. The molecule has 1 aromatic carbocycles. The van der Waals surface area contributed by atoms with Crippen molar-refractivity contribution in [3.63, 3.8) is 0 Å². The van der Waals surface area contributed by atoms with E-state index in [1.54, 1.807) is 24.3 Å². The summed E-state index contributed by atoms with van der Waals surface area (Å²) in [6, 6.07) is 8.21. The Bertz CT molecular complexity index is 639. The molecule has 1 aromatic heterocycles. The van der Waals surface area contributed by atoms with Crippen molar-refractivity contribution >= 4 is 40.7 Å². The van der Waals surface area contributed by atoms with Gasteiger partial charge in [-0.05, 0) is 49.7 Å². The van der Waals surface area contributed by atoms with Gasteiger partial charge in [-0.1, -0.05) is 23.2 Å². The first-order valence-electron chi connectivity index (χ1n) is 5.92. The Hall–Kier alpha value is -1.78. The molecule has 0 unspecified atom stereocenters. The van der Waals surface area contributed by atoms with Crippen molar-refractivity contribution in [2.45, 2.75) is 13.8 Å². The van der Waals surface area contributed by atoms with Crippen LogP contribution in [0, 0.1) is 13.8 Å². The van der Waals surface area contributed by atoms with Crippen molar-refractivity contribution in [1.29, 1.82) is 0 Å². The molecule has 0 bridgehead atoms. The van der Waals surface area contributed by atoms with Gasteiger partial charge in [-0.3, -0.25) is 5.32 Å². The molecule has 0 aliphatic carbocycles. The van der Waals surface area contributed by atoms with Gasteiger partial charge in [0.05, 0.1) is 10.0 Å². The molecule has 0 radical (unpaired) electrons. The molecule has 0 aliphatic heterocycles. The molecule has 0 fully saturated rings. The summed E-state index contributed by atoms with van der Waals surface area (Å²) < 4.78 is 0. The van der Waals surface area contributed by atoms with E-state index in [-0.39, 0.29) is 6.03 Å². The minimum atomic E-state index is -0.388. The number of carbonyl (C=O) groups is 1. The lowest BCUT2D eigenvalue weighted by molar-refractivity contribution is 0.262. The third kappa shape index (κ3) is 3.85. The monoisotopic (exact) mass is 309 g/mol. The van der Waals surface area contributed by atoms with E-state index < -0.39 is 0 Å². The van der Waals surface area contributed by atoms with Gasteiger partial charge in [0.2, 0.25) is 0 Å². The van der Waals surface area contributed by atoms with E-state index in [0.29, 0.717) is 21.6 Å². The molecule has 2 amide bonds. The highest BCUT2D eigenvalue weighted by molar-refractivity contribution is 6.42. The Morgan fingerprint density at radius 1 is 1.05 bits per heavy atom. The maximum Gasteiger partial charge on any atom is 0.324 e. The molecule has 0 saturated carbocycles. The summed E-state index contributed by atoms with van der Waals surface area (Å²) in [5, 5.41) is 6.15. The van der Waals surface area contributed by atoms with Crippen LogP contribution in [0.1, 0.15) is 11.3 Å². The van der Waals surface area contributed by atoms with Crippen LogP contribution in [-0.2, 0) is 0 Å². The van der Waals surface area contributed by atoms with E-state index in [1.807, 2.05) is 19.9 Å². The molecule has 6 heteroatoms. The molecular weight excluding hydrogens is 297 g/mol. The Morgan fingerprint density at radius 3 is 2.45 bits per heavy atom. The maximum atomic E-state index is 11.9. The highest BCUT2D eigenvalue weighted by Gasteiger charge is 2.06. The Labute approximate surface area is 127 Å². The number of rotatable bonds is 2. The number of amides is 2. The second kappa shape index (κ2) is 6.11. The first-order valence-corrected chi connectivity index (χ1v) is 6.68. The average Bonchev–Trinajstić information content (AvgIpc) is 2.32. The van der Waals surface area contributed by atoms with E-state index in [9.17, 15) is 4.79 Å². The number of halogens is 2. The summed E-state index contributed by atoms with van der Waals surface area (Å²) in [4.78, 5) is 16.1. The number of anilines is 2. The zero-order chi connectivity index (χ0) is 14.7. The number of pyridine rings is 1.